The Hall–Kier alpha value is -1.06. The minimum absolute atomic E-state index is 0.227. The van der Waals surface area contributed by atoms with Crippen molar-refractivity contribution in [2.24, 2.45) is 0 Å². The van der Waals surface area contributed by atoms with Gasteiger partial charge in [-0.2, -0.15) is 0 Å². The van der Waals surface area contributed by atoms with Gasteiger partial charge < -0.3 is 14.8 Å². The van der Waals surface area contributed by atoms with Crippen molar-refractivity contribution in [1.82, 2.24) is 5.32 Å². The van der Waals surface area contributed by atoms with Crippen molar-refractivity contribution < 1.29 is 9.47 Å². The molecule has 0 amide bonds. The highest BCUT2D eigenvalue weighted by atomic mass is 16.5. The zero-order chi connectivity index (χ0) is 13.7. The van der Waals surface area contributed by atoms with Gasteiger partial charge in [0.2, 0.25) is 0 Å². The third kappa shape index (κ3) is 3.28. The molecule has 0 bridgehead atoms. The van der Waals surface area contributed by atoms with E-state index in [0.29, 0.717) is 0 Å². The fraction of sp³-hybridized carbons (Fsp3) is 0.625. The topological polar surface area (TPSA) is 30.5 Å². The Labute approximate surface area is 116 Å². The summed E-state index contributed by atoms with van der Waals surface area (Å²) in [6, 6.07) is 6.80. The molecule has 0 aromatic heterocycles. The Kier molecular flexibility index (Phi) is 5.23. The van der Waals surface area contributed by atoms with Crippen LogP contribution in [0.2, 0.25) is 0 Å². The molecule has 1 N–H and O–H groups in total. The molecule has 1 heterocycles. The van der Waals surface area contributed by atoms with Gasteiger partial charge >= 0.3 is 0 Å². The molecule has 0 spiro atoms. The zero-order valence-electron chi connectivity index (χ0n) is 12.2. The summed E-state index contributed by atoms with van der Waals surface area (Å²) in [6.07, 6.45) is 2.26. The lowest BCUT2D eigenvalue weighted by atomic mass is 9.97. The summed E-state index contributed by atoms with van der Waals surface area (Å²) in [4.78, 5) is 0. The number of fused-ring (bicyclic) bond motifs is 1. The molecule has 106 valence electrons. The van der Waals surface area contributed by atoms with Gasteiger partial charge in [-0.1, -0.05) is 26.0 Å². The highest BCUT2D eigenvalue weighted by Crippen LogP contribution is 2.30. The summed E-state index contributed by atoms with van der Waals surface area (Å²) in [5, 5.41) is 3.56. The van der Waals surface area contributed by atoms with Gasteiger partial charge in [0.15, 0.2) is 0 Å². The van der Waals surface area contributed by atoms with E-state index < -0.39 is 0 Å². The molecule has 0 radical (unpaired) electrons. The molecule has 1 aromatic carbocycles. The molecule has 1 aliphatic rings. The summed E-state index contributed by atoms with van der Waals surface area (Å²) in [7, 11) is 0. The molecule has 3 nitrogen and oxygen atoms in total. The molecule has 1 aliphatic heterocycles. The number of hydrogen-bond donors (Lipinski definition) is 1. The van der Waals surface area contributed by atoms with Gasteiger partial charge in [-0.15, -0.1) is 0 Å². The van der Waals surface area contributed by atoms with E-state index >= 15 is 0 Å². The van der Waals surface area contributed by atoms with E-state index in [9.17, 15) is 0 Å². The fourth-order valence-corrected chi connectivity index (χ4v) is 2.75. The van der Waals surface area contributed by atoms with Gasteiger partial charge in [0.05, 0.1) is 18.8 Å². The fourth-order valence-electron chi connectivity index (χ4n) is 2.75. The van der Waals surface area contributed by atoms with E-state index in [1.807, 2.05) is 0 Å². The van der Waals surface area contributed by atoms with Crippen molar-refractivity contribution in [3.63, 3.8) is 0 Å². The lowest BCUT2D eigenvalue weighted by Gasteiger charge is -2.27. The van der Waals surface area contributed by atoms with Crippen LogP contribution >= 0.6 is 0 Å². The van der Waals surface area contributed by atoms with Crippen LogP contribution in [0.15, 0.2) is 18.2 Å². The van der Waals surface area contributed by atoms with E-state index in [1.54, 1.807) is 0 Å². The van der Waals surface area contributed by atoms with Crippen LogP contribution < -0.4 is 10.1 Å². The van der Waals surface area contributed by atoms with E-state index in [4.69, 9.17) is 9.47 Å². The second-order valence-corrected chi connectivity index (χ2v) is 4.90. The van der Waals surface area contributed by atoms with Gasteiger partial charge in [0, 0.05) is 13.0 Å². The Morgan fingerprint density at radius 2 is 2.16 bits per heavy atom. The lowest BCUT2D eigenvalue weighted by molar-refractivity contribution is 0.0318. The van der Waals surface area contributed by atoms with Crippen molar-refractivity contribution in [2.45, 2.75) is 45.8 Å². The third-order valence-corrected chi connectivity index (χ3v) is 3.65. The van der Waals surface area contributed by atoms with Crippen LogP contribution in [0.25, 0.3) is 0 Å². The highest BCUT2D eigenvalue weighted by Gasteiger charge is 2.23. The summed E-state index contributed by atoms with van der Waals surface area (Å²) >= 11 is 0. The van der Waals surface area contributed by atoms with Crippen molar-refractivity contribution in [3.8, 4) is 5.75 Å². The van der Waals surface area contributed by atoms with Crippen molar-refractivity contribution in [3.05, 3.63) is 29.3 Å². The summed E-state index contributed by atoms with van der Waals surface area (Å²) in [5.41, 5.74) is 2.64. The van der Waals surface area contributed by atoms with Crippen LogP contribution in [-0.2, 0) is 11.2 Å². The summed E-state index contributed by atoms with van der Waals surface area (Å²) < 4.78 is 11.5. The van der Waals surface area contributed by atoms with Crippen LogP contribution in [0.4, 0.5) is 0 Å². The number of nitrogens with one attached hydrogen (secondary N) is 1. The van der Waals surface area contributed by atoms with Gasteiger partial charge in [-0.05, 0) is 37.1 Å². The van der Waals surface area contributed by atoms with Gasteiger partial charge in [0.1, 0.15) is 5.75 Å². The minimum Gasteiger partial charge on any atom is -0.493 e. The maximum absolute atomic E-state index is 5.89. The predicted octanol–water partition coefficient (Wildman–Crippen LogP) is 3.09. The van der Waals surface area contributed by atoms with Crippen LogP contribution in [0.1, 0.15) is 44.4 Å². The zero-order valence-corrected chi connectivity index (χ0v) is 12.2. The number of rotatable bonds is 7. The first-order valence-corrected chi connectivity index (χ1v) is 7.40. The molecular formula is C16H25NO2. The van der Waals surface area contributed by atoms with Gasteiger partial charge in [0.25, 0.3) is 0 Å². The second kappa shape index (κ2) is 6.92. The Morgan fingerprint density at radius 3 is 2.84 bits per heavy atom. The van der Waals surface area contributed by atoms with Crippen LogP contribution in [0.5, 0.6) is 5.75 Å². The smallest absolute Gasteiger partial charge is 0.122 e. The maximum atomic E-state index is 5.89. The Bertz CT molecular complexity index is 406. The minimum atomic E-state index is 0.227. The van der Waals surface area contributed by atoms with Crippen LogP contribution in [0.3, 0.4) is 0 Å². The highest BCUT2D eigenvalue weighted by molar-refractivity contribution is 5.41. The van der Waals surface area contributed by atoms with Crippen molar-refractivity contribution >= 4 is 0 Å². The van der Waals surface area contributed by atoms with Crippen LogP contribution in [-0.4, -0.2) is 25.9 Å². The molecule has 19 heavy (non-hydrogen) atoms. The summed E-state index contributed by atoms with van der Waals surface area (Å²) in [6.45, 7) is 8.90. The molecule has 3 heteroatoms. The normalized spacial score (nSPS) is 16.8. The van der Waals surface area contributed by atoms with E-state index in [-0.39, 0.29) is 12.1 Å². The number of hydrogen-bond acceptors (Lipinski definition) is 3. The lowest BCUT2D eigenvalue weighted by Crippen LogP contribution is -2.33. The molecule has 1 aromatic rings. The average molecular weight is 263 g/mol. The molecule has 0 saturated heterocycles. The average Bonchev–Trinajstić information content (AvgIpc) is 2.90. The molecule has 0 aliphatic carbocycles. The van der Waals surface area contributed by atoms with Crippen molar-refractivity contribution in [2.75, 3.05) is 19.8 Å². The molecular weight excluding hydrogens is 238 g/mol. The number of ether oxygens (including phenoxy) is 2. The van der Waals surface area contributed by atoms with E-state index in [1.165, 1.54) is 11.1 Å². The van der Waals surface area contributed by atoms with Crippen molar-refractivity contribution in [1.29, 1.82) is 0 Å². The van der Waals surface area contributed by atoms with Gasteiger partial charge in [-0.25, -0.2) is 0 Å². The quantitative estimate of drug-likeness (QED) is 0.820. The largest absolute Gasteiger partial charge is 0.493 e. The Morgan fingerprint density at radius 1 is 1.32 bits per heavy atom. The predicted molar refractivity (Wildman–Crippen MR) is 77.8 cm³/mol. The van der Waals surface area contributed by atoms with Crippen LogP contribution in [0, 0.1) is 0 Å². The number of likely N-dealkylation sites (N-methyl/N-ethyl adjacent to an activating group) is 1. The molecule has 0 saturated carbocycles. The standard InChI is InChI=1S/C16H25NO2/c1-4-14(18-6-3)16(17-5-2)13-7-8-15-12(11-13)9-10-19-15/h7-8,11,14,16-17H,4-6,9-10H2,1-3H3. The third-order valence-electron chi connectivity index (χ3n) is 3.65. The first-order chi connectivity index (χ1) is 9.30. The van der Waals surface area contributed by atoms with E-state index in [2.05, 4.69) is 44.3 Å². The molecule has 2 atom stereocenters. The second-order valence-electron chi connectivity index (χ2n) is 4.90. The van der Waals surface area contributed by atoms with Gasteiger partial charge in [-0.3, -0.25) is 0 Å². The van der Waals surface area contributed by atoms with E-state index in [0.717, 1.165) is 38.3 Å². The first kappa shape index (κ1) is 14.4. The molecule has 2 rings (SSSR count). The SMILES string of the molecule is CCNC(c1ccc2c(c1)CCO2)C(CC)OCC. The monoisotopic (exact) mass is 263 g/mol. The summed E-state index contributed by atoms with van der Waals surface area (Å²) in [5.74, 6) is 1.04. The Balaban J connectivity index is 2.22. The molecule has 2 unspecified atom stereocenters. The molecule has 0 fully saturated rings. The maximum Gasteiger partial charge on any atom is 0.122 e. The first-order valence-electron chi connectivity index (χ1n) is 7.40. The number of benzene rings is 1.